The molecular weight excluding hydrogens is 270 g/mol. The molecule has 0 saturated heterocycles. The Balaban J connectivity index is 1.86. The van der Waals surface area contributed by atoms with Crippen molar-refractivity contribution in [3.63, 3.8) is 0 Å². The van der Waals surface area contributed by atoms with Gasteiger partial charge in [-0.2, -0.15) is 0 Å². The molecule has 0 aliphatic carbocycles. The highest BCUT2D eigenvalue weighted by Crippen LogP contribution is 2.21. The zero-order chi connectivity index (χ0) is 14.2. The van der Waals surface area contributed by atoms with E-state index in [4.69, 9.17) is 5.84 Å². The Morgan fingerprint density at radius 3 is 2.80 bits per heavy atom. The minimum atomic E-state index is 0.659. The van der Waals surface area contributed by atoms with Gasteiger partial charge in [-0.25, -0.2) is 4.68 Å². The van der Waals surface area contributed by atoms with Crippen LogP contribution in [-0.4, -0.2) is 25.6 Å². The number of rotatable bonds is 8. The van der Waals surface area contributed by atoms with Crippen molar-refractivity contribution >= 4 is 11.8 Å². The maximum Gasteiger partial charge on any atom is 0.210 e. The van der Waals surface area contributed by atoms with Crippen molar-refractivity contribution in [2.45, 2.75) is 44.2 Å². The Morgan fingerprint density at radius 1 is 1.20 bits per heavy atom. The maximum absolute atomic E-state index is 6.04. The van der Waals surface area contributed by atoms with E-state index in [9.17, 15) is 0 Å². The minimum absolute atomic E-state index is 0.659. The summed E-state index contributed by atoms with van der Waals surface area (Å²) in [5.41, 5.74) is 0.886. The Bertz CT molecular complexity index is 512. The average Bonchev–Trinajstić information content (AvgIpc) is 2.85. The minimum Gasteiger partial charge on any atom is -0.335 e. The van der Waals surface area contributed by atoms with Crippen molar-refractivity contribution < 1.29 is 0 Å². The number of aromatic nitrogens is 4. The predicted octanol–water partition coefficient (Wildman–Crippen LogP) is 3.12. The number of unbranched alkanes of at least 4 members (excludes halogenated alkanes) is 4. The van der Waals surface area contributed by atoms with Gasteiger partial charge in [0.15, 0.2) is 5.82 Å². The first-order chi connectivity index (χ1) is 9.83. The number of hydrogen-bond donors (Lipinski definition) is 1. The fourth-order valence-corrected chi connectivity index (χ4v) is 2.79. The molecule has 108 valence electrons. The Hall–Kier alpha value is -1.56. The lowest BCUT2D eigenvalue weighted by Gasteiger charge is -2.03. The van der Waals surface area contributed by atoms with Crippen LogP contribution in [0.15, 0.2) is 29.7 Å². The van der Waals surface area contributed by atoms with E-state index in [0.29, 0.717) is 5.82 Å². The van der Waals surface area contributed by atoms with Gasteiger partial charge in [-0.1, -0.05) is 44.4 Å². The molecule has 2 aromatic heterocycles. The summed E-state index contributed by atoms with van der Waals surface area (Å²) >= 11 is 1.66. The SMILES string of the molecule is CCCCCCCSc1nnc(-c2cccnc2)n1N. The fourth-order valence-electron chi connectivity index (χ4n) is 1.94. The van der Waals surface area contributed by atoms with E-state index in [1.807, 2.05) is 12.1 Å². The first-order valence-electron chi connectivity index (χ1n) is 7.06. The molecule has 0 spiro atoms. The lowest BCUT2D eigenvalue weighted by molar-refractivity contribution is 0.659. The molecule has 2 rings (SSSR count). The number of nitrogens with zero attached hydrogens (tertiary/aromatic N) is 4. The van der Waals surface area contributed by atoms with Gasteiger partial charge in [0.05, 0.1) is 0 Å². The molecule has 0 radical (unpaired) electrons. The largest absolute Gasteiger partial charge is 0.335 e. The Morgan fingerprint density at radius 2 is 2.05 bits per heavy atom. The summed E-state index contributed by atoms with van der Waals surface area (Å²) in [5.74, 6) is 7.73. The normalized spacial score (nSPS) is 10.8. The molecule has 6 heteroatoms. The third-order valence-electron chi connectivity index (χ3n) is 3.06. The van der Waals surface area contributed by atoms with E-state index in [2.05, 4.69) is 22.1 Å². The molecule has 5 nitrogen and oxygen atoms in total. The molecule has 0 aliphatic rings. The van der Waals surface area contributed by atoms with E-state index in [1.165, 1.54) is 32.1 Å². The quantitative estimate of drug-likeness (QED) is 0.460. The number of thioether (sulfide) groups is 1. The second kappa shape index (κ2) is 7.89. The van der Waals surface area contributed by atoms with Gasteiger partial charge in [-0.15, -0.1) is 10.2 Å². The summed E-state index contributed by atoms with van der Waals surface area (Å²) in [4.78, 5) is 4.07. The summed E-state index contributed by atoms with van der Waals surface area (Å²) in [7, 11) is 0. The monoisotopic (exact) mass is 291 g/mol. The van der Waals surface area contributed by atoms with Gasteiger partial charge < -0.3 is 5.84 Å². The van der Waals surface area contributed by atoms with Crippen LogP contribution in [0.2, 0.25) is 0 Å². The average molecular weight is 291 g/mol. The molecule has 0 amide bonds. The third-order valence-corrected chi connectivity index (χ3v) is 4.09. The first kappa shape index (κ1) is 14.8. The molecule has 0 unspecified atom stereocenters. The fraction of sp³-hybridized carbons (Fsp3) is 0.500. The number of pyridine rings is 1. The van der Waals surface area contributed by atoms with Crippen LogP contribution in [0.1, 0.15) is 39.0 Å². The Kier molecular flexibility index (Phi) is 5.86. The highest BCUT2D eigenvalue weighted by molar-refractivity contribution is 7.99. The number of nitrogen functional groups attached to an aromatic ring is 1. The van der Waals surface area contributed by atoms with Crippen LogP contribution in [0, 0.1) is 0 Å². The molecule has 0 saturated carbocycles. The van der Waals surface area contributed by atoms with Gasteiger partial charge in [0.2, 0.25) is 5.16 Å². The lowest BCUT2D eigenvalue weighted by atomic mass is 10.2. The molecule has 2 N–H and O–H groups in total. The predicted molar refractivity (Wildman–Crippen MR) is 82.9 cm³/mol. The third kappa shape index (κ3) is 3.96. The van der Waals surface area contributed by atoms with Gasteiger partial charge in [-0.3, -0.25) is 4.98 Å². The zero-order valence-electron chi connectivity index (χ0n) is 11.8. The van der Waals surface area contributed by atoms with Crippen LogP contribution in [0.5, 0.6) is 0 Å². The van der Waals surface area contributed by atoms with Crippen LogP contribution >= 0.6 is 11.8 Å². The molecule has 0 fully saturated rings. The van der Waals surface area contributed by atoms with E-state index in [-0.39, 0.29) is 0 Å². The zero-order valence-corrected chi connectivity index (χ0v) is 12.6. The standard InChI is InChI=1S/C14H21N5S/c1-2-3-4-5-6-10-20-14-18-17-13(19(14)15)12-8-7-9-16-11-12/h7-9,11H,2-6,10,15H2,1H3. The molecule has 2 aromatic rings. The van der Waals surface area contributed by atoms with Crippen molar-refractivity contribution in [3.05, 3.63) is 24.5 Å². The van der Waals surface area contributed by atoms with E-state index < -0.39 is 0 Å². The summed E-state index contributed by atoms with van der Waals surface area (Å²) in [6.45, 7) is 2.23. The molecule has 20 heavy (non-hydrogen) atoms. The van der Waals surface area contributed by atoms with E-state index in [1.54, 1.807) is 28.8 Å². The summed E-state index contributed by atoms with van der Waals surface area (Å²) in [5, 5.41) is 9.05. The van der Waals surface area contributed by atoms with Crippen LogP contribution in [0.25, 0.3) is 11.4 Å². The van der Waals surface area contributed by atoms with Crippen LogP contribution < -0.4 is 5.84 Å². The highest BCUT2D eigenvalue weighted by atomic mass is 32.2. The van der Waals surface area contributed by atoms with Crippen molar-refractivity contribution in [2.75, 3.05) is 11.6 Å². The van der Waals surface area contributed by atoms with Crippen molar-refractivity contribution in [2.24, 2.45) is 0 Å². The summed E-state index contributed by atoms with van der Waals surface area (Å²) < 4.78 is 1.55. The van der Waals surface area contributed by atoms with Crippen LogP contribution in [0.4, 0.5) is 0 Å². The molecule has 2 heterocycles. The van der Waals surface area contributed by atoms with Crippen molar-refractivity contribution in [3.8, 4) is 11.4 Å². The Labute approximate surface area is 124 Å². The molecule has 0 aliphatic heterocycles. The molecule has 0 atom stereocenters. The van der Waals surface area contributed by atoms with Gasteiger partial charge in [-0.05, 0) is 18.6 Å². The van der Waals surface area contributed by atoms with Crippen molar-refractivity contribution in [1.29, 1.82) is 0 Å². The summed E-state index contributed by atoms with van der Waals surface area (Å²) in [6, 6.07) is 3.80. The lowest BCUT2D eigenvalue weighted by Crippen LogP contribution is -2.11. The summed E-state index contributed by atoms with van der Waals surface area (Å²) in [6.07, 6.45) is 9.85. The first-order valence-corrected chi connectivity index (χ1v) is 8.05. The van der Waals surface area contributed by atoms with Crippen molar-refractivity contribution in [1.82, 2.24) is 19.9 Å². The second-order valence-corrected chi connectivity index (χ2v) is 5.74. The maximum atomic E-state index is 6.04. The number of hydrogen-bond acceptors (Lipinski definition) is 5. The van der Waals surface area contributed by atoms with E-state index in [0.717, 1.165) is 16.5 Å². The number of nitrogens with two attached hydrogens (primary N) is 1. The topological polar surface area (TPSA) is 69.6 Å². The van der Waals surface area contributed by atoms with Gasteiger partial charge >= 0.3 is 0 Å². The second-order valence-electron chi connectivity index (χ2n) is 4.68. The molecule has 0 bridgehead atoms. The van der Waals surface area contributed by atoms with Gasteiger partial charge in [0.25, 0.3) is 0 Å². The van der Waals surface area contributed by atoms with Crippen LogP contribution in [0.3, 0.4) is 0 Å². The molecular formula is C14H21N5S. The van der Waals surface area contributed by atoms with E-state index >= 15 is 0 Å². The highest BCUT2D eigenvalue weighted by Gasteiger charge is 2.11. The smallest absolute Gasteiger partial charge is 0.210 e. The molecule has 0 aromatic carbocycles. The van der Waals surface area contributed by atoms with Crippen LogP contribution in [-0.2, 0) is 0 Å². The van der Waals surface area contributed by atoms with Gasteiger partial charge in [0.1, 0.15) is 0 Å². The van der Waals surface area contributed by atoms with Gasteiger partial charge in [0, 0.05) is 23.7 Å².